The van der Waals surface area contributed by atoms with Gasteiger partial charge in [-0.1, -0.05) is 23.2 Å². The van der Waals surface area contributed by atoms with Gasteiger partial charge in [0.1, 0.15) is 11.4 Å². The molecule has 2 aromatic rings. The van der Waals surface area contributed by atoms with Crippen LogP contribution in [0.5, 0.6) is 0 Å². The zero-order valence-electron chi connectivity index (χ0n) is 15.2. The van der Waals surface area contributed by atoms with E-state index in [1.165, 1.54) is 0 Å². The molecular formula is C18H20Cl2F3N5. The standard InChI is InChI=1S/C18H20Cl2F3N5/c1-2-28(12-5-7-24-8-6-12)16-13(18(21,22)23)10-25-17(27-16)26-11-3-4-14(19)15(20)9-11/h3-4,9-10,12,24H,2,5-8H2,1H3,(H,25,26,27). The van der Waals surface area contributed by atoms with Crippen LogP contribution in [-0.2, 0) is 6.18 Å². The van der Waals surface area contributed by atoms with Crippen molar-refractivity contribution in [3.8, 4) is 0 Å². The Kier molecular flexibility index (Phi) is 6.52. The van der Waals surface area contributed by atoms with Crippen molar-refractivity contribution in [3.63, 3.8) is 0 Å². The Morgan fingerprint density at radius 3 is 2.54 bits per heavy atom. The molecule has 10 heteroatoms. The maximum absolute atomic E-state index is 13.6. The summed E-state index contributed by atoms with van der Waals surface area (Å²) in [5.41, 5.74) is -0.308. The number of piperidine rings is 1. The van der Waals surface area contributed by atoms with E-state index >= 15 is 0 Å². The van der Waals surface area contributed by atoms with Crippen LogP contribution >= 0.6 is 23.2 Å². The van der Waals surface area contributed by atoms with E-state index in [0.29, 0.717) is 22.3 Å². The van der Waals surface area contributed by atoms with Gasteiger partial charge in [0.15, 0.2) is 0 Å². The zero-order valence-corrected chi connectivity index (χ0v) is 16.7. The molecule has 3 rings (SSSR count). The van der Waals surface area contributed by atoms with Crippen molar-refractivity contribution in [2.75, 3.05) is 29.9 Å². The van der Waals surface area contributed by atoms with E-state index in [1.807, 2.05) is 6.92 Å². The average Bonchev–Trinajstić information content (AvgIpc) is 2.65. The minimum absolute atomic E-state index is 0.0138. The van der Waals surface area contributed by atoms with Crippen LogP contribution in [0.15, 0.2) is 24.4 Å². The molecule has 1 saturated heterocycles. The van der Waals surface area contributed by atoms with Crippen LogP contribution in [0.1, 0.15) is 25.3 Å². The SMILES string of the molecule is CCN(c1nc(Nc2ccc(Cl)c(Cl)c2)ncc1C(F)(F)F)C1CCNCC1. The van der Waals surface area contributed by atoms with Gasteiger partial charge in [0.05, 0.1) is 10.0 Å². The lowest BCUT2D eigenvalue weighted by Crippen LogP contribution is -2.44. The number of halogens is 5. The predicted octanol–water partition coefficient (Wildman–Crippen LogP) is 5.12. The van der Waals surface area contributed by atoms with Gasteiger partial charge in [0.25, 0.3) is 0 Å². The largest absolute Gasteiger partial charge is 0.421 e. The van der Waals surface area contributed by atoms with E-state index in [9.17, 15) is 13.2 Å². The first kappa shape index (κ1) is 21.0. The van der Waals surface area contributed by atoms with Crippen LogP contribution in [0.3, 0.4) is 0 Å². The van der Waals surface area contributed by atoms with Crippen LogP contribution in [0.25, 0.3) is 0 Å². The van der Waals surface area contributed by atoms with Crippen molar-refractivity contribution in [2.45, 2.75) is 32.0 Å². The molecule has 0 bridgehead atoms. The maximum atomic E-state index is 13.6. The normalized spacial score (nSPS) is 15.5. The fourth-order valence-corrected chi connectivity index (χ4v) is 3.55. The summed E-state index contributed by atoms with van der Waals surface area (Å²) in [6, 6.07) is 4.79. The van der Waals surface area contributed by atoms with Crippen LogP contribution in [0.2, 0.25) is 10.0 Å². The number of alkyl halides is 3. The third-order valence-corrected chi connectivity index (χ3v) is 5.35. The fourth-order valence-electron chi connectivity index (χ4n) is 3.25. The summed E-state index contributed by atoms with van der Waals surface area (Å²) in [5, 5.41) is 6.83. The number of rotatable bonds is 5. The van der Waals surface area contributed by atoms with E-state index in [1.54, 1.807) is 23.1 Å². The molecule has 2 N–H and O–H groups in total. The van der Waals surface area contributed by atoms with E-state index in [2.05, 4.69) is 20.6 Å². The first-order chi connectivity index (χ1) is 13.3. The topological polar surface area (TPSA) is 53.1 Å². The van der Waals surface area contributed by atoms with E-state index < -0.39 is 11.7 Å². The summed E-state index contributed by atoms with van der Waals surface area (Å²) in [7, 11) is 0. The Morgan fingerprint density at radius 1 is 1.21 bits per heavy atom. The molecule has 0 aliphatic carbocycles. The van der Waals surface area contributed by atoms with Crippen molar-refractivity contribution >= 4 is 40.7 Å². The van der Waals surface area contributed by atoms with Gasteiger partial charge in [-0.3, -0.25) is 0 Å². The summed E-state index contributed by atoms with van der Waals surface area (Å²) in [6.07, 6.45) is -2.21. The number of hydrogen-bond acceptors (Lipinski definition) is 5. The number of nitrogens with zero attached hydrogens (tertiary/aromatic N) is 3. The Balaban J connectivity index is 1.97. The van der Waals surface area contributed by atoms with Gasteiger partial charge in [-0.05, 0) is 51.1 Å². The molecule has 28 heavy (non-hydrogen) atoms. The molecule has 0 amide bonds. The van der Waals surface area contributed by atoms with Gasteiger partial charge in [-0.25, -0.2) is 4.98 Å². The highest BCUT2D eigenvalue weighted by molar-refractivity contribution is 6.42. The summed E-state index contributed by atoms with van der Waals surface area (Å²) < 4.78 is 40.8. The molecule has 2 heterocycles. The smallest absolute Gasteiger partial charge is 0.353 e. The summed E-state index contributed by atoms with van der Waals surface area (Å²) in [6.45, 7) is 3.78. The van der Waals surface area contributed by atoms with Gasteiger partial charge in [-0.15, -0.1) is 0 Å². The monoisotopic (exact) mass is 433 g/mol. The lowest BCUT2D eigenvalue weighted by molar-refractivity contribution is -0.137. The molecule has 152 valence electrons. The zero-order chi connectivity index (χ0) is 20.3. The predicted molar refractivity (Wildman–Crippen MR) is 106 cm³/mol. The van der Waals surface area contributed by atoms with Gasteiger partial charge >= 0.3 is 6.18 Å². The van der Waals surface area contributed by atoms with Crippen molar-refractivity contribution in [1.82, 2.24) is 15.3 Å². The Hall–Kier alpha value is -1.77. The number of nitrogens with one attached hydrogen (secondary N) is 2. The third kappa shape index (κ3) is 4.79. The van der Waals surface area contributed by atoms with Crippen LogP contribution in [0, 0.1) is 0 Å². The first-order valence-corrected chi connectivity index (χ1v) is 9.69. The molecule has 0 spiro atoms. The molecule has 5 nitrogen and oxygen atoms in total. The van der Waals surface area contributed by atoms with E-state index in [-0.39, 0.29) is 17.8 Å². The Bertz CT molecular complexity index is 825. The molecule has 1 aliphatic heterocycles. The number of aromatic nitrogens is 2. The van der Waals surface area contributed by atoms with Crippen LogP contribution in [0.4, 0.5) is 30.6 Å². The summed E-state index contributed by atoms with van der Waals surface area (Å²) >= 11 is 11.9. The maximum Gasteiger partial charge on any atom is 0.421 e. The summed E-state index contributed by atoms with van der Waals surface area (Å²) in [5.74, 6) is -0.0479. The van der Waals surface area contributed by atoms with Gasteiger partial charge < -0.3 is 15.5 Å². The molecule has 0 atom stereocenters. The Labute approximate surface area is 171 Å². The highest BCUT2D eigenvalue weighted by Crippen LogP contribution is 2.37. The van der Waals surface area contributed by atoms with Crippen molar-refractivity contribution in [2.24, 2.45) is 0 Å². The second-order valence-corrected chi connectivity index (χ2v) is 7.26. The molecule has 1 aromatic carbocycles. The van der Waals surface area contributed by atoms with Crippen LogP contribution < -0.4 is 15.5 Å². The fraction of sp³-hybridized carbons (Fsp3) is 0.444. The van der Waals surface area contributed by atoms with Gasteiger partial charge in [0, 0.05) is 24.5 Å². The third-order valence-electron chi connectivity index (χ3n) is 4.61. The number of hydrogen-bond donors (Lipinski definition) is 2. The van der Waals surface area contributed by atoms with Crippen molar-refractivity contribution < 1.29 is 13.2 Å². The molecular weight excluding hydrogens is 414 g/mol. The molecule has 1 aromatic heterocycles. The first-order valence-electron chi connectivity index (χ1n) is 8.93. The Morgan fingerprint density at radius 2 is 1.93 bits per heavy atom. The molecule has 0 unspecified atom stereocenters. The van der Waals surface area contributed by atoms with Gasteiger partial charge in [-0.2, -0.15) is 18.2 Å². The summed E-state index contributed by atoms with van der Waals surface area (Å²) in [4.78, 5) is 9.79. The van der Waals surface area contributed by atoms with Crippen molar-refractivity contribution in [1.29, 1.82) is 0 Å². The average molecular weight is 434 g/mol. The lowest BCUT2D eigenvalue weighted by atomic mass is 10.0. The minimum Gasteiger partial charge on any atom is -0.353 e. The second-order valence-electron chi connectivity index (χ2n) is 6.45. The molecule has 1 fully saturated rings. The van der Waals surface area contributed by atoms with Crippen LogP contribution in [-0.4, -0.2) is 35.6 Å². The number of anilines is 3. The van der Waals surface area contributed by atoms with E-state index in [0.717, 1.165) is 32.1 Å². The molecule has 0 saturated carbocycles. The number of benzene rings is 1. The second kappa shape index (κ2) is 8.71. The molecule has 0 radical (unpaired) electrons. The lowest BCUT2D eigenvalue weighted by Gasteiger charge is -2.36. The highest BCUT2D eigenvalue weighted by Gasteiger charge is 2.38. The minimum atomic E-state index is -4.54. The van der Waals surface area contributed by atoms with Crippen molar-refractivity contribution in [3.05, 3.63) is 40.0 Å². The van der Waals surface area contributed by atoms with E-state index in [4.69, 9.17) is 23.2 Å². The van der Waals surface area contributed by atoms with Gasteiger partial charge in [0.2, 0.25) is 5.95 Å². The quantitative estimate of drug-likeness (QED) is 0.684. The molecule has 1 aliphatic rings. The highest BCUT2D eigenvalue weighted by atomic mass is 35.5.